The minimum Gasteiger partial charge on any atom is -0.502 e. The van der Waals surface area contributed by atoms with Crippen LogP contribution in [-0.2, 0) is 0 Å². The van der Waals surface area contributed by atoms with Crippen LogP contribution in [0.1, 0.15) is 15.9 Å². The summed E-state index contributed by atoms with van der Waals surface area (Å²) in [6.07, 6.45) is 1.23. The minimum absolute atomic E-state index is 0.274. The molecule has 0 heterocycles. The standard InChI is InChI=1S/C14H12N4O4/c15-11-4-2-1-3-10(11)14(20)17-16-8-9-5-6-13(19)12(7-9)18(21)22/h1-8,19H,15H2,(H,17,20). The summed E-state index contributed by atoms with van der Waals surface area (Å²) in [6.45, 7) is 0. The Morgan fingerprint density at radius 1 is 1.32 bits per heavy atom. The first-order valence-corrected chi connectivity index (χ1v) is 6.14. The lowest BCUT2D eigenvalue weighted by Crippen LogP contribution is -2.19. The number of hydrazone groups is 1. The van der Waals surface area contributed by atoms with E-state index in [2.05, 4.69) is 10.5 Å². The van der Waals surface area contributed by atoms with Gasteiger partial charge in [0.05, 0.1) is 16.7 Å². The predicted octanol–water partition coefficient (Wildman–Crippen LogP) is 1.65. The zero-order valence-corrected chi connectivity index (χ0v) is 11.3. The minimum atomic E-state index is -0.712. The fourth-order valence-electron chi connectivity index (χ4n) is 1.70. The van der Waals surface area contributed by atoms with Gasteiger partial charge in [-0.2, -0.15) is 5.10 Å². The Bertz CT molecular complexity index is 758. The first kappa shape index (κ1) is 15.0. The van der Waals surface area contributed by atoms with Crippen molar-refractivity contribution in [2.45, 2.75) is 0 Å². The van der Waals surface area contributed by atoms with Crippen molar-refractivity contribution in [3.8, 4) is 5.75 Å². The van der Waals surface area contributed by atoms with E-state index in [1.165, 1.54) is 18.3 Å². The number of para-hydroxylation sites is 1. The van der Waals surface area contributed by atoms with E-state index < -0.39 is 22.3 Å². The summed E-state index contributed by atoms with van der Waals surface area (Å²) in [7, 11) is 0. The van der Waals surface area contributed by atoms with Crippen LogP contribution in [0.5, 0.6) is 5.75 Å². The highest BCUT2D eigenvalue weighted by Crippen LogP contribution is 2.25. The Balaban J connectivity index is 2.10. The van der Waals surface area contributed by atoms with Gasteiger partial charge in [0.1, 0.15) is 0 Å². The first-order valence-electron chi connectivity index (χ1n) is 6.14. The zero-order valence-electron chi connectivity index (χ0n) is 11.3. The van der Waals surface area contributed by atoms with Gasteiger partial charge in [0.2, 0.25) is 0 Å². The molecule has 0 saturated heterocycles. The van der Waals surface area contributed by atoms with Crippen LogP contribution in [0, 0.1) is 10.1 Å². The molecule has 2 aromatic carbocycles. The lowest BCUT2D eigenvalue weighted by atomic mass is 10.2. The molecule has 2 aromatic rings. The van der Waals surface area contributed by atoms with Crippen LogP contribution >= 0.6 is 0 Å². The maximum atomic E-state index is 11.8. The predicted molar refractivity (Wildman–Crippen MR) is 80.7 cm³/mol. The number of aromatic hydroxyl groups is 1. The molecule has 0 fully saturated rings. The molecule has 0 aliphatic rings. The largest absolute Gasteiger partial charge is 0.502 e. The summed E-state index contributed by atoms with van der Waals surface area (Å²) >= 11 is 0. The molecule has 0 bridgehead atoms. The number of hydrogen-bond acceptors (Lipinski definition) is 6. The topological polar surface area (TPSA) is 131 Å². The van der Waals surface area contributed by atoms with E-state index in [0.717, 1.165) is 6.07 Å². The maximum Gasteiger partial charge on any atom is 0.311 e. The number of nitrogens with zero attached hydrogens (tertiary/aromatic N) is 2. The van der Waals surface area contributed by atoms with E-state index in [9.17, 15) is 20.0 Å². The maximum absolute atomic E-state index is 11.8. The number of anilines is 1. The van der Waals surface area contributed by atoms with Crippen LogP contribution in [0.25, 0.3) is 0 Å². The molecule has 0 radical (unpaired) electrons. The van der Waals surface area contributed by atoms with Crippen molar-refractivity contribution in [1.82, 2.24) is 5.43 Å². The monoisotopic (exact) mass is 300 g/mol. The van der Waals surface area contributed by atoms with Gasteiger partial charge in [-0.1, -0.05) is 12.1 Å². The number of carbonyl (C=O) groups is 1. The first-order chi connectivity index (χ1) is 10.5. The molecule has 4 N–H and O–H groups in total. The van der Waals surface area contributed by atoms with Crippen molar-refractivity contribution in [3.05, 3.63) is 63.7 Å². The molecule has 0 unspecified atom stereocenters. The van der Waals surface area contributed by atoms with Gasteiger partial charge < -0.3 is 10.8 Å². The average molecular weight is 300 g/mol. The fourth-order valence-corrected chi connectivity index (χ4v) is 1.70. The van der Waals surface area contributed by atoms with E-state index in [4.69, 9.17) is 5.73 Å². The molecule has 0 aromatic heterocycles. The van der Waals surface area contributed by atoms with Crippen molar-refractivity contribution in [2.24, 2.45) is 5.10 Å². The highest BCUT2D eigenvalue weighted by molar-refractivity contribution is 5.99. The summed E-state index contributed by atoms with van der Waals surface area (Å²) in [5.41, 5.74) is 8.43. The second-order valence-corrected chi connectivity index (χ2v) is 4.29. The lowest BCUT2D eigenvalue weighted by molar-refractivity contribution is -0.385. The number of phenols is 1. The van der Waals surface area contributed by atoms with Gasteiger partial charge in [-0.15, -0.1) is 0 Å². The molecule has 0 aliphatic heterocycles. The smallest absolute Gasteiger partial charge is 0.311 e. The SMILES string of the molecule is Nc1ccccc1C(=O)NN=Cc1ccc(O)c([N+](=O)[O-])c1. The normalized spacial score (nSPS) is 10.5. The van der Waals surface area contributed by atoms with Crippen molar-refractivity contribution < 1.29 is 14.8 Å². The summed E-state index contributed by atoms with van der Waals surface area (Å²) in [5, 5.41) is 23.7. The van der Waals surface area contributed by atoms with Crippen molar-refractivity contribution >= 4 is 23.5 Å². The van der Waals surface area contributed by atoms with E-state index in [-0.39, 0.29) is 5.56 Å². The van der Waals surface area contributed by atoms with Crippen LogP contribution in [0.2, 0.25) is 0 Å². The average Bonchev–Trinajstić information content (AvgIpc) is 2.49. The summed E-state index contributed by atoms with van der Waals surface area (Å²) < 4.78 is 0. The Morgan fingerprint density at radius 3 is 2.73 bits per heavy atom. The summed E-state index contributed by atoms with van der Waals surface area (Å²) in [5.74, 6) is -0.939. The number of nitro groups is 1. The molecule has 1 amide bonds. The van der Waals surface area contributed by atoms with Gasteiger partial charge in [-0.05, 0) is 24.3 Å². The van der Waals surface area contributed by atoms with Crippen LogP contribution < -0.4 is 11.2 Å². The second kappa shape index (κ2) is 6.35. The molecule has 0 aliphatic carbocycles. The summed E-state index contributed by atoms with van der Waals surface area (Å²) in [4.78, 5) is 21.8. The Hall–Kier alpha value is -3.42. The molecular formula is C14H12N4O4. The zero-order chi connectivity index (χ0) is 16.1. The molecule has 0 spiro atoms. The van der Waals surface area contributed by atoms with Crippen LogP contribution in [0.4, 0.5) is 11.4 Å². The number of benzene rings is 2. The van der Waals surface area contributed by atoms with Gasteiger partial charge in [0.25, 0.3) is 5.91 Å². The molecule has 112 valence electrons. The number of phenolic OH excluding ortho intramolecular Hbond substituents is 1. The molecule has 8 heteroatoms. The Labute approximate surface area is 125 Å². The van der Waals surface area contributed by atoms with Crippen molar-refractivity contribution in [3.63, 3.8) is 0 Å². The number of rotatable bonds is 4. The molecular weight excluding hydrogens is 288 g/mol. The third-order valence-electron chi connectivity index (χ3n) is 2.78. The van der Waals surface area contributed by atoms with E-state index in [1.807, 2.05) is 0 Å². The van der Waals surface area contributed by atoms with Gasteiger partial charge in [-0.25, -0.2) is 5.43 Å². The van der Waals surface area contributed by atoms with E-state index >= 15 is 0 Å². The third-order valence-corrected chi connectivity index (χ3v) is 2.78. The number of nitrogens with one attached hydrogen (secondary N) is 1. The van der Waals surface area contributed by atoms with Crippen LogP contribution in [-0.4, -0.2) is 22.2 Å². The third kappa shape index (κ3) is 3.37. The molecule has 22 heavy (non-hydrogen) atoms. The Morgan fingerprint density at radius 2 is 2.05 bits per heavy atom. The molecule has 0 saturated carbocycles. The number of hydrogen-bond donors (Lipinski definition) is 3. The number of nitrogen functional groups attached to an aromatic ring is 1. The highest BCUT2D eigenvalue weighted by atomic mass is 16.6. The molecule has 8 nitrogen and oxygen atoms in total. The molecule has 2 rings (SSSR count). The molecule has 0 atom stereocenters. The number of amides is 1. The quantitative estimate of drug-likeness (QED) is 0.342. The van der Waals surface area contributed by atoms with Gasteiger partial charge >= 0.3 is 5.69 Å². The van der Waals surface area contributed by atoms with Gasteiger partial charge in [0, 0.05) is 17.3 Å². The highest BCUT2D eigenvalue weighted by Gasteiger charge is 2.13. The van der Waals surface area contributed by atoms with Crippen molar-refractivity contribution in [2.75, 3.05) is 5.73 Å². The van der Waals surface area contributed by atoms with Gasteiger partial charge in [-0.3, -0.25) is 14.9 Å². The number of carbonyl (C=O) groups excluding carboxylic acids is 1. The van der Waals surface area contributed by atoms with Crippen molar-refractivity contribution in [1.29, 1.82) is 0 Å². The second-order valence-electron chi connectivity index (χ2n) is 4.29. The van der Waals surface area contributed by atoms with E-state index in [1.54, 1.807) is 24.3 Å². The fraction of sp³-hybridized carbons (Fsp3) is 0. The lowest BCUT2D eigenvalue weighted by Gasteiger charge is -2.03. The van der Waals surface area contributed by atoms with Gasteiger partial charge in [0.15, 0.2) is 5.75 Å². The van der Waals surface area contributed by atoms with Crippen LogP contribution in [0.15, 0.2) is 47.6 Å². The van der Waals surface area contributed by atoms with Crippen LogP contribution in [0.3, 0.4) is 0 Å². The van der Waals surface area contributed by atoms with E-state index in [0.29, 0.717) is 11.3 Å². The number of nitrogens with two attached hydrogens (primary N) is 1. The summed E-state index contributed by atoms with van der Waals surface area (Å²) in [6, 6.07) is 10.2. The Kier molecular flexibility index (Phi) is 4.33. The number of nitro benzene ring substituents is 1.